The van der Waals surface area contributed by atoms with E-state index in [4.69, 9.17) is 4.74 Å². The molecule has 112 valence electrons. The van der Waals surface area contributed by atoms with Gasteiger partial charge in [0.25, 0.3) is 0 Å². The van der Waals surface area contributed by atoms with E-state index in [0.717, 1.165) is 12.8 Å². The van der Waals surface area contributed by atoms with Crippen LogP contribution < -0.4 is 10.1 Å². The number of carbonyl (C=O) groups is 1. The topological polar surface area (TPSA) is 63.1 Å². The second kappa shape index (κ2) is 7.78. The summed E-state index contributed by atoms with van der Waals surface area (Å²) < 4.78 is 18.8. The van der Waals surface area contributed by atoms with Gasteiger partial charge in [0.05, 0.1) is 18.6 Å². The van der Waals surface area contributed by atoms with Gasteiger partial charge in [0.15, 0.2) is 5.17 Å². The Kier molecular flexibility index (Phi) is 5.74. The highest BCUT2D eigenvalue weighted by Crippen LogP contribution is 2.19. The predicted octanol–water partition coefficient (Wildman–Crippen LogP) is 2.56. The number of hydrogen-bond donors (Lipinski definition) is 1. The third-order valence-corrected chi connectivity index (χ3v) is 3.53. The van der Waals surface area contributed by atoms with Gasteiger partial charge in [-0.2, -0.15) is 5.10 Å². The van der Waals surface area contributed by atoms with Gasteiger partial charge in [0, 0.05) is 11.6 Å². The molecule has 0 aliphatic carbocycles. The normalized spacial score (nSPS) is 16.7. The van der Waals surface area contributed by atoms with E-state index in [1.807, 2.05) is 0 Å². The molecule has 1 saturated heterocycles. The van der Waals surface area contributed by atoms with Crippen LogP contribution in [0.4, 0.5) is 4.39 Å². The number of halogens is 1. The van der Waals surface area contributed by atoms with Gasteiger partial charge >= 0.3 is 0 Å². The highest BCUT2D eigenvalue weighted by Gasteiger charge is 2.15. The maximum atomic E-state index is 13.3. The fraction of sp³-hybridized carbons (Fsp3) is 0.357. The van der Waals surface area contributed by atoms with Crippen LogP contribution in [0, 0.1) is 5.82 Å². The van der Waals surface area contributed by atoms with Crippen molar-refractivity contribution in [2.45, 2.75) is 19.8 Å². The first kappa shape index (κ1) is 15.5. The lowest BCUT2D eigenvalue weighted by molar-refractivity contribution is -0.116. The molecular formula is C14H16FN3O2S. The molecule has 0 atom stereocenters. The molecule has 1 N–H and O–H groups in total. The number of carbonyl (C=O) groups excluding carboxylic acids is 1. The standard InChI is InChI=1S/C14H16FN3O2S/c1-2-3-6-20-12-7-11(15)5-4-10(12)8-16-18-14-17-13(19)9-21-14/h4-5,7-8H,2-3,6,9H2,1H3,(H,17,18,19). The summed E-state index contributed by atoms with van der Waals surface area (Å²) in [6.07, 6.45) is 3.39. The Morgan fingerprint density at radius 1 is 1.52 bits per heavy atom. The molecule has 5 nitrogen and oxygen atoms in total. The molecule has 1 aliphatic heterocycles. The third-order valence-electron chi connectivity index (χ3n) is 2.66. The summed E-state index contributed by atoms with van der Waals surface area (Å²) >= 11 is 1.29. The SMILES string of the molecule is CCCCOc1cc(F)ccc1C=NN=C1NC(=O)CS1. The van der Waals surface area contributed by atoms with E-state index in [2.05, 4.69) is 22.4 Å². The Morgan fingerprint density at radius 3 is 3.10 bits per heavy atom. The molecule has 1 aromatic rings. The number of unbranched alkanes of at least 4 members (excludes halogenated alkanes) is 1. The van der Waals surface area contributed by atoms with Gasteiger partial charge in [-0.1, -0.05) is 25.1 Å². The first-order chi connectivity index (χ1) is 10.2. The molecule has 0 bridgehead atoms. The minimum atomic E-state index is -0.358. The average molecular weight is 309 g/mol. The molecule has 1 aromatic carbocycles. The lowest BCUT2D eigenvalue weighted by Crippen LogP contribution is -2.19. The van der Waals surface area contributed by atoms with Gasteiger partial charge in [-0.15, -0.1) is 5.10 Å². The fourth-order valence-electron chi connectivity index (χ4n) is 1.59. The van der Waals surface area contributed by atoms with Crippen LogP contribution in [0.5, 0.6) is 5.75 Å². The third kappa shape index (κ3) is 4.86. The summed E-state index contributed by atoms with van der Waals surface area (Å²) in [5.74, 6) is 0.356. The Hall–Kier alpha value is -1.89. The minimum Gasteiger partial charge on any atom is -0.493 e. The molecule has 1 heterocycles. The zero-order valence-electron chi connectivity index (χ0n) is 11.6. The van der Waals surface area contributed by atoms with Crippen molar-refractivity contribution in [1.82, 2.24) is 5.32 Å². The minimum absolute atomic E-state index is 0.0840. The van der Waals surface area contributed by atoms with Crippen molar-refractivity contribution >= 4 is 29.1 Å². The highest BCUT2D eigenvalue weighted by molar-refractivity contribution is 8.15. The lowest BCUT2D eigenvalue weighted by atomic mass is 10.2. The smallest absolute Gasteiger partial charge is 0.236 e. The van der Waals surface area contributed by atoms with Crippen LogP contribution in [-0.4, -0.2) is 29.6 Å². The molecule has 0 spiro atoms. The first-order valence-corrected chi connectivity index (χ1v) is 7.63. The van der Waals surface area contributed by atoms with E-state index in [0.29, 0.717) is 28.8 Å². The second-order valence-electron chi connectivity index (χ2n) is 4.37. The number of thioether (sulfide) groups is 1. The largest absolute Gasteiger partial charge is 0.493 e. The van der Waals surface area contributed by atoms with Crippen molar-refractivity contribution in [3.8, 4) is 5.75 Å². The molecule has 0 aromatic heterocycles. The molecule has 1 aliphatic rings. The number of nitrogens with one attached hydrogen (secondary N) is 1. The van der Waals surface area contributed by atoms with Gasteiger partial charge in [-0.05, 0) is 18.6 Å². The maximum Gasteiger partial charge on any atom is 0.236 e. The van der Waals surface area contributed by atoms with Crippen LogP contribution in [0.1, 0.15) is 25.3 Å². The number of amidine groups is 1. The summed E-state index contributed by atoms with van der Waals surface area (Å²) in [5, 5.41) is 10.8. The number of amides is 1. The Morgan fingerprint density at radius 2 is 2.38 bits per heavy atom. The molecule has 21 heavy (non-hydrogen) atoms. The fourth-order valence-corrected chi connectivity index (χ4v) is 2.22. The van der Waals surface area contributed by atoms with Crippen molar-refractivity contribution in [2.75, 3.05) is 12.4 Å². The number of rotatable bonds is 6. The van der Waals surface area contributed by atoms with Gasteiger partial charge in [-0.3, -0.25) is 4.79 Å². The molecular weight excluding hydrogens is 293 g/mol. The molecule has 1 amide bonds. The van der Waals surface area contributed by atoms with Gasteiger partial charge in [-0.25, -0.2) is 4.39 Å². The monoisotopic (exact) mass is 309 g/mol. The number of nitrogens with zero attached hydrogens (tertiary/aromatic N) is 2. The van der Waals surface area contributed by atoms with Crippen molar-refractivity contribution in [3.05, 3.63) is 29.6 Å². The lowest BCUT2D eigenvalue weighted by Gasteiger charge is -2.08. The molecule has 7 heteroatoms. The van der Waals surface area contributed by atoms with Crippen LogP contribution >= 0.6 is 11.8 Å². The van der Waals surface area contributed by atoms with E-state index in [1.165, 1.54) is 30.1 Å². The van der Waals surface area contributed by atoms with Crippen molar-refractivity contribution in [2.24, 2.45) is 10.2 Å². The summed E-state index contributed by atoms with van der Waals surface area (Å²) in [4.78, 5) is 11.0. The van der Waals surface area contributed by atoms with E-state index >= 15 is 0 Å². The zero-order chi connectivity index (χ0) is 15.1. The Balaban J connectivity index is 2.06. The summed E-state index contributed by atoms with van der Waals surface area (Å²) in [7, 11) is 0. The van der Waals surface area contributed by atoms with Crippen molar-refractivity contribution in [1.29, 1.82) is 0 Å². The summed E-state index contributed by atoms with van der Waals surface area (Å²) in [6, 6.07) is 4.25. The van der Waals surface area contributed by atoms with Crippen LogP contribution in [0.2, 0.25) is 0 Å². The number of hydrogen-bond acceptors (Lipinski definition) is 5. The van der Waals surface area contributed by atoms with E-state index < -0.39 is 0 Å². The summed E-state index contributed by atoms with van der Waals surface area (Å²) in [6.45, 7) is 2.59. The van der Waals surface area contributed by atoms with Crippen molar-refractivity contribution in [3.63, 3.8) is 0 Å². The average Bonchev–Trinajstić information content (AvgIpc) is 2.87. The molecule has 2 rings (SSSR count). The van der Waals surface area contributed by atoms with Crippen molar-refractivity contribution < 1.29 is 13.9 Å². The van der Waals surface area contributed by atoms with Gasteiger partial charge < -0.3 is 10.1 Å². The molecule has 1 fully saturated rings. The molecule has 0 radical (unpaired) electrons. The Bertz CT molecular complexity index is 575. The van der Waals surface area contributed by atoms with Gasteiger partial charge in [0.2, 0.25) is 5.91 Å². The Labute approximate surface area is 126 Å². The quantitative estimate of drug-likeness (QED) is 0.499. The number of benzene rings is 1. The predicted molar refractivity (Wildman–Crippen MR) is 82.4 cm³/mol. The van der Waals surface area contributed by atoms with Crippen LogP contribution in [0.25, 0.3) is 0 Å². The summed E-state index contributed by atoms with van der Waals surface area (Å²) in [5.41, 5.74) is 0.645. The van der Waals surface area contributed by atoms with Crippen LogP contribution in [0.15, 0.2) is 28.4 Å². The maximum absolute atomic E-state index is 13.3. The second-order valence-corrected chi connectivity index (χ2v) is 5.33. The number of ether oxygens (including phenoxy) is 1. The molecule has 0 saturated carbocycles. The molecule has 0 unspecified atom stereocenters. The zero-order valence-corrected chi connectivity index (χ0v) is 12.5. The van der Waals surface area contributed by atoms with Crippen LogP contribution in [-0.2, 0) is 4.79 Å². The highest BCUT2D eigenvalue weighted by atomic mass is 32.2. The van der Waals surface area contributed by atoms with Gasteiger partial charge in [0.1, 0.15) is 11.6 Å². The first-order valence-electron chi connectivity index (χ1n) is 6.65. The van der Waals surface area contributed by atoms with E-state index in [-0.39, 0.29) is 11.7 Å². The van der Waals surface area contributed by atoms with E-state index in [9.17, 15) is 9.18 Å². The van der Waals surface area contributed by atoms with E-state index in [1.54, 1.807) is 6.07 Å². The van der Waals surface area contributed by atoms with Crippen LogP contribution in [0.3, 0.4) is 0 Å².